The Bertz CT molecular complexity index is 450. The molecule has 1 fully saturated rings. The fourth-order valence-corrected chi connectivity index (χ4v) is 2.87. The molecule has 2 aliphatic rings. The Balaban J connectivity index is 1.80. The van der Waals surface area contributed by atoms with Crippen LogP contribution in [0.25, 0.3) is 0 Å². The highest BCUT2D eigenvalue weighted by Gasteiger charge is 2.23. The molecule has 3 nitrogen and oxygen atoms in total. The van der Waals surface area contributed by atoms with Crippen LogP contribution in [0.3, 0.4) is 0 Å². The first-order valence-corrected chi connectivity index (χ1v) is 6.83. The van der Waals surface area contributed by atoms with E-state index in [9.17, 15) is 4.79 Å². The SMILES string of the molecule is O=C(CC1CCNC1)c1cccc2c1OCCC2. The quantitative estimate of drug-likeness (QED) is 0.830. The number of rotatable bonds is 3. The lowest BCUT2D eigenvalue weighted by molar-refractivity contribution is 0.0959. The summed E-state index contributed by atoms with van der Waals surface area (Å²) in [5, 5.41) is 3.31. The van der Waals surface area contributed by atoms with Crippen molar-refractivity contribution in [1.82, 2.24) is 5.32 Å². The number of Topliss-reactive ketones (excluding diaryl/α,β-unsaturated/α-hetero) is 1. The normalized spacial score (nSPS) is 22.3. The van der Waals surface area contributed by atoms with Gasteiger partial charge in [-0.3, -0.25) is 4.79 Å². The fourth-order valence-electron chi connectivity index (χ4n) is 2.87. The Hall–Kier alpha value is -1.35. The van der Waals surface area contributed by atoms with E-state index in [0.717, 1.165) is 50.3 Å². The molecular weight excluding hydrogens is 226 g/mol. The van der Waals surface area contributed by atoms with Crippen molar-refractivity contribution in [3.63, 3.8) is 0 Å². The van der Waals surface area contributed by atoms with Crippen LogP contribution in [0, 0.1) is 5.92 Å². The molecular formula is C15H19NO2. The van der Waals surface area contributed by atoms with Crippen LogP contribution >= 0.6 is 0 Å². The van der Waals surface area contributed by atoms with Gasteiger partial charge in [-0.25, -0.2) is 0 Å². The maximum atomic E-state index is 12.4. The summed E-state index contributed by atoms with van der Waals surface area (Å²) in [4.78, 5) is 12.4. The molecule has 1 aromatic carbocycles. The Kier molecular flexibility index (Phi) is 3.33. The van der Waals surface area contributed by atoms with Crippen molar-refractivity contribution in [3.05, 3.63) is 29.3 Å². The predicted octanol–water partition coefficient (Wildman–Crippen LogP) is 2.19. The maximum absolute atomic E-state index is 12.4. The number of aryl methyl sites for hydroxylation is 1. The number of ether oxygens (including phenoxy) is 1. The molecule has 2 heterocycles. The van der Waals surface area contributed by atoms with Crippen LogP contribution in [-0.2, 0) is 6.42 Å². The molecule has 0 radical (unpaired) electrons. The molecule has 3 rings (SSSR count). The molecule has 18 heavy (non-hydrogen) atoms. The summed E-state index contributed by atoms with van der Waals surface area (Å²) < 4.78 is 5.70. The Morgan fingerprint density at radius 1 is 1.44 bits per heavy atom. The number of nitrogens with one attached hydrogen (secondary N) is 1. The standard InChI is InChI=1S/C15H19NO2/c17-14(9-11-6-7-16-10-11)13-5-1-3-12-4-2-8-18-15(12)13/h1,3,5,11,16H,2,4,6-10H2. The van der Waals surface area contributed by atoms with E-state index >= 15 is 0 Å². The number of hydrogen-bond donors (Lipinski definition) is 1. The molecule has 96 valence electrons. The highest BCUT2D eigenvalue weighted by molar-refractivity contribution is 5.99. The van der Waals surface area contributed by atoms with Crippen LogP contribution in [0.15, 0.2) is 18.2 Å². The molecule has 2 aliphatic heterocycles. The van der Waals surface area contributed by atoms with Gasteiger partial charge in [-0.2, -0.15) is 0 Å². The summed E-state index contributed by atoms with van der Waals surface area (Å²) in [6.07, 6.45) is 3.84. The van der Waals surface area contributed by atoms with Gasteiger partial charge in [-0.05, 0) is 49.9 Å². The van der Waals surface area contributed by atoms with Gasteiger partial charge in [-0.15, -0.1) is 0 Å². The zero-order valence-electron chi connectivity index (χ0n) is 10.6. The number of fused-ring (bicyclic) bond motifs is 1. The average Bonchev–Trinajstić information content (AvgIpc) is 2.91. The summed E-state index contributed by atoms with van der Waals surface area (Å²) in [7, 11) is 0. The second-order valence-electron chi connectivity index (χ2n) is 5.23. The number of hydrogen-bond acceptors (Lipinski definition) is 3. The van der Waals surface area contributed by atoms with Crippen LogP contribution in [-0.4, -0.2) is 25.5 Å². The van der Waals surface area contributed by atoms with Crippen LogP contribution in [0.1, 0.15) is 35.2 Å². The topological polar surface area (TPSA) is 38.3 Å². The van der Waals surface area contributed by atoms with E-state index in [0.29, 0.717) is 12.3 Å². The third-order valence-corrected chi connectivity index (χ3v) is 3.87. The smallest absolute Gasteiger partial charge is 0.166 e. The van der Waals surface area contributed by atoms with E-state index < -0.39 is 0 Å². The molecule has 3 heteroatoms. The first kappa shape index (κ1) is 11.7. The zero-order chi connectivity index (χ0) is 12.4. The summed E-state index contributed by atoms with van der Waals surface area (Å²) in [5.41, 5.74) is 1.98. The number of benzene rings is 1. The Morgan fingerprint density at radius 3 is 3.22 bits per heavy atom. The third-order valence-electron chi connectivity index (χ3n) is 3.87. The maximum Gasteiger partial charge on any atom is 0.166 e. The monoisotopic (exact) mass is 245 g/mol. The number of carbonyl (C=O) groups is 1. The predicted molar refractivity (Wildman–Crippen MR) is 70.2 cm³/mol. The van der Waals surface area contributed by atoms with Crippen molar-refractivity contribution in [3.8, 4) is 5.75 Å². The third kappa shape index (κ3) is 2.27. The molecule has 1 aromatic rings. The molecule has 0 spiro atoms. The zero-order valence-corrected chi connectivity index (χ0v) is 10.6. The number of ketones is 1. The van der Waals surface area contributed by atoms with Crippen molar-refractivity contribution in [1.29, 1.82) is 0 Å². The van der Waals surface area contributed by atoms with Crippen molar-refractivity contribution in [2.75, 3.05) is 19.7 Å². The van der Waals surface area contributed by atoms with Gasteiger partial charge in [0.05, 0.1) is 12.2 Å². The van der Waals surface area contributed by atoms with Gasteiger partial charge in [0.25, 0.3) is 0 Å². The number of carbonyl (C=O) groups excluding carboxylic acids is 1. The van der Waals surface area contributed by atoms with E-state index in [2.05, 4.69) is 11.4 Å². The van der Waals surface area contributed by atoms with E-state index in [1.54, 1.807) is 0 Å². The molecule has 0 bridgehead atoms. The summed E-state index contributed by atoms with van der Waals surface area (Å²) in [6, 6.07) is 5.96. The second-order valence-corrected chi connectivity index (χ2v) is 5.23. The van der Waals surface area contributed by atoms with Crippen molar-refractivity contribution >= 4 is 5.78 Å². The van der Waals surface area contributed by atoms with Crippen LogP contribution < -0.4 is 10.1 Å². The van der Waals surface area contributed by atoms with Gasteiger partial charge in [0.15, 0.2) is 5.78 Å². The summed E-state index contributed by atoms with van der Waals surface area (Å²) in [5.74, 6) is 1.58. The first-order chi connectivity index (χ1) is 8.84. The largest absolute Gasteiger partial charge is 0.493 e. The van der Waals surface area contributed by atoms with Crippen LogP contribution in [0.2, 0.25) is 0 Å². The molecule has 0 aliphatic carbocycles. The minimum absolute atomic E-state index is 0.238. The van der Waals surface area contributed by atoms with Crippen molar-refractivity contribution in [2.24, 2.45) is 5.92 Å². The average molecular weight is 245 g/mol. The minimum Gasteiger partial charge on any atom is -0.493 e. The van der Waals surface area contributed by atoms with E-state index in [-0.39, 0.29) is 5.78 Å². The molecule has 0 amide bonds. The summed E-state index contributed by atoms with van der Waals surface area (Å²) >= 11 is 0. The van der Waals surface area contributed by atoms with Crippen LogP contribution in [0.4, 0.5) is 0 Å². The van der Waals surface area contributed by atoms with Gasteiger partial charge < -0.3 is 10.1 Å². The van der Waals surface area contributed by atoms with E-state index in [4.69, 9.17) is 4.74 Å². The van der Waals surface area contributed by atoms with Gasteiger partial charge in [-0.1, -0.05) is 12.1 Å². The second kappa shape index (κ2) is 5.11. The number of para-hydroxylation sites is 1. The molecule has 1 atom stereocenters. The molecule has 0 saturated carbocycles. The lowest BCUT2D eigenvalue weighted by Crippen LogP contribution is -2.16. The first-order valence-electron chi connectivity index (χ1n) is 6.83. The van der Waals surface area contributed by atoms with Crippen molar-refractivity contribution < 1.29 is 9.53 Å². The minimum atomic E-state index is 0.238. The van der Waals surface area contributed by atoms with Gasteiger partial charge in [0.2, 0.25) is 0 Å². The molecule has 0 aromatic heterocycles. The van der Waals surface area contributed by atoms with E-state index in [1.807, 2.05) is 12.1 Å². The van der Waals surface area contributed by atoms with Crippen molar-refractivity contribution in [2.45, 2.75) is 25.7 Å². The Labute approximate surface area is 108 Å². The van der Waals surface area contributed by atoms with Crippen LogP contribution in [0.5, 0.6) is 5.75 Å². The van der Waals surface area contributed by atoms with E-state index in [1.165, 1.54) is 5.56 Å². The molecule has 1 unspecified atom stereocenters. The fraction of sp³-hybridized carbons (Fsp3) is 0.533. The lowest BCUT2D eigenvalue weighted by Gasteiger charge is -2.20. The highest BCUT2D eigenvalue weighted by Crippen LogP contribution is 2.30. The Morgan fingerprint density at radius 2 is 2.39 bits per heavy atom. The molecule has 1 N–H and O–H groups in total. The lowest BCUT2D eigenvalue weighted by atomic mass is 9.94. The highest BCUT2D eigenvalue weighted by atomic mass is 16.5. The van der Waals surface area contributed by atoms with Gasteiger partial charge in [0.1, 0.15) is 5.75 Å². The van der Waals surface area contributed by atoms with Gasteiger partial charge >= 0.3 is 0 Å². The molecule has 1 saturated heterocycles. The summed E-state index contributed by atoms with van der Waals surface area (Å²) in [6.45, 7) is 2.76. The van der Waals surface area contributed by atoms with Gasteiger partial charge in [0, 0.05) is 6.42 Å².